The minimum atomic E-state index is -0.356. The highest BCUT2D eigenvalue weighted by Crippen LogP contribution is 2.16. The van der Waals surface area contributed by atoms with E-state index in [4.69, 9.17) is 11.6 Å². The fourth-order valence-corrected chi connectivity index (χ4v) is 3.62. The van der Waals surface area contributed by atoms with Gasteiger partial charge in [-0.25, -0.2) is 0 Å². The molecule has 2 amide bonds. The van der Waals surface area contributed by atoms with Crippen LogP contribution in [-0.4, -0.2) is 71.1 Å². The Bertz CT molecular complexity index is 838. The number of piperazine rings is 1. The van der Waals surface area contributed by atoms with E-state index in [1.807, 2.05) is 43.1 Å². The summed E-state index contributed by atoms with van der Waals surface area (Å²) in [7, 11) is 1.92. The van der Waals surface area contributed by atoms with Crippen molar-refractivity contribution in [1.29, 1.82) is 0 Å². The van der Waals surface area contributed by atoms with Crippen LogP contribution in [0.3, 0.4) is 0 Å². The molecule has 2 aromatic rings. The van der Waals surface area contributed by atoms with Crippen molar-refractivity contribution in [3.63, 3.8) is 0 Å². The minimum absolute atomic E-state index is 0.0527. The molecule has 1 fully saturated rings. The van der Waals surface area contributed by atoms with Gasteiger partial charge in [-0.3, -0.25) is 19.6 Å². The first kappa shape index (κ1) is 20.4. The molecule has 0 bridgehead atoms. The Labute approximate surface area is 170 Å². The highest BCUT2D eigenvalue weighted by molar-refractivity contribution is 6.31. The summed E-state index contributed by atoms with van der Waals surface area (Å²) in [4.78, 5) is 29.1. The second kappa shape index (κ2) is 9.21. The Kier molecular flexibility index (Phi) is 6.70. The molecule has 1 saturated heterocycles. The Morgan fingerprint density at radius 3 is 2.82 bits per heavy atom. The fourth-order valence-electron chi connectivity index (χ4n) is 3.39. The maximum absolute atomic E-state index is 12.7. The average Bonchev–Trinajstić information content (AvgIpc) is 3.12. The van der Waals surface area contributed by atoms with Gasteiger partial charge in [0.1, 0.15) is 6.04 Å². The van der Waals surface area contributed by atoms with Gasteiger partial charge in [0.2, 0.25) is 5.91 Å². The van der Waals surface area contributed by atoms with Crippen LogP contribution in [0.2, 0.25) is 5.02 Å². The monoisotopic (exact) mass is 403 g/mol. The number of aromatic amines is 1. The van der Waals surface area contributed by atoms with E-state index in [2.05, 4.69) is 15.5 Å². The lowest BCUT2D eigenvalue weighted by molar-refractivity contribution is -0.127. The topological polar surface area (TPSA) is 81.3 Å². The molecule has 7 nitrogen and oxygen atoms in total. The number of likely N-dealkylation sites (N-methyl/N-ethyl adjacent to an activating group) is 1. The molecule has 1 unspecified atom stereocenters. The van der Waals surface area contributed by atoms with Crippen LogP contribution in [0.5, 0.6) is 0 Å². The van der Waals surface area contributed by atoms with Crippen molar-refractivity contribution in [2.45, 2.75) is 25.8 Å². The first-order valence-corrected chi connectivity index (χ1v) is 9.85. The molecule has 150 valence electrons. The van der Waals surface area contributed by atoms with Crippen LogP contribution in [0.15, 0.2) is 30.5 Å². The van der Waals surface area contributed by atoms with Crippen LogP contribution in [0.4, 0.5) is 0 Å². The zero-order valence-corrected chi connectivity index (χ0v) is 17.0. The number of nitrogens with zero attached hydrogens (tertiary/aromatic N) is 3. The quantitative estimate of drug-likeness (QED) is 0.721. The number of hydrogen-bond donors (Lipinski definition) is 2. The molecular formula is C20H26ClN5O2. The molecule has 2 N–H and O–H groups in total. The number of halogens is 1. The van der Waals surface area contributed by atoms with Crippen molar-refractivity contribution in [2.24, 2.45) is 0 Å². The van der Waals surface area contributed by atoms with E-state index in [9.17, 15) is 9.59 Å². The molecule has 2 heterocycles. The van der Waals surface area contributed by atoms with E-state index in [0.717, 1.165) is 29.1 Å². The summed E-state index contributed by atoms with van der Waals surface area (Å²) in [6.07, 6.45) is 3.16. The highest BCUT2D eigenvalue weighted by Gasteiger charge is 2.33. The summed E-state index contributed by atoms with van der Waals surface area (Å²) in [6, 6.07) is 7.39. The normalized spacial score (nSPS) is 17.5. The second-order valence-corrected chi connectivity index (χ2v) is 7.55. The molecule has 3 rings (SSSR count). The number of benzene rings is 1. The summed E-state index contributed by atoms with van der Waals surface area (Å²) >= 11 is 6.17. The van der Waals surface area contributed by atoms with E-state index in [-0.39, 0.29) is 17.9 Å². The van der Waals surface area contributed by atoms with Gasteiger partial charge in [-0.15, -0.1) is 0 Å². The van der Waals surface area contributed by atoms with E-state index in [0.29, 0.717) is 31.7 Å². The predicted octanol–water partition coefficient (Wildman–Crippen LogP) is 1.88. The Hall–Kier alpha value is -2.38. The maximum atomic E-state index is 12.7. The summed E-state index contributed by atoms with van der Waals surface area (Å²) in [5.74, 6) is -0.140. The van der Waals surface area contributed by atoms with Crippen LogP contribution in [0.25, 0.3) is 0 Å². The number of hydrogen-bond acceptors (Lipinski definition) is 4. The number of nitrogens with one attached hydrogen (secondary N) is 2. The third kappa shape index (κ3) is 4.72. The van der Waals surface area contributed by atoms with Crippen molar-refractivity contribution in [3.8, 4) is 0 Å². The molecule has 0 saturated carbocycles. The maximum Gasteiger partial charge on any atom is 0.257 e. The Morgan fingerprint density at radius 2 is 2.11 bits per heavy atom. The predicted molar refractivity (Wildman–Crippen MR) is 108 cm³/mol. The van der Waals surface area contributed by atoms with Crippen molar-refractivity contribution in [3.05, 3.63) is 52.3 Å². The van der Waals surface area contributed by atoms with Gasteiger partial charge in [0.05, 0.1) is 11.8 Å². The summed E-state index contributed by atoms with van der Waals surface area (Å²) in [5, 5.41) is 10.5. The van der Waals surface area contributed by atoms with Crippen molar-refractivity contribution >= 4 is 23.4 Å². The summed E-state index contributed by atoms with van der Waals surface area (Å²) in [5.41, 5.74) is 2.38. The molecule has 1 aliphatic heterocycles. The van der Waals surface area contributed by atoms with Gasteiger partial charge in [0, 0.05) is 36.9 Å². The molecule has 1 aromatic carbocycles. The molecule has 0 aliphatic carbocycles. The third-order valence-electron chi connectivity index (χ3n) is 5.18. The van der Waals surface area contributed by atoms with Gasteiger partial charge in [-0.2, -0.15) is 5.10 Å². The molecule has 28 heavy (non-hydrogen) atoms. The van der Waals surface area contributed by atoms with Gasteiger partial charge in [0.25, 0.3) is 5.91 Å². The standard InChI is InChI=1S/C20H26ClN5O2/c1-14-16(12-23-24-14)20(28)26-11-10-25(2)18(13-26)19(27)22-9-5-7-15-6-3-4-8-17(15)21/h3-4,6,8,12,18H,5,7,9-11,13H2,1-2H3,(H,22,27)(H,23,24). The molecule has 8 heteroatoms. The number of amides is 2. The molecule has 1 aromatic heterocycles. The van der Waals surface area contributed by atoms with Gasteiger partial charge in [-0.05, 0) is 38.4 Å². The third-order valence-corrected chi connectivity index (χ3v) is 5.55. The van der Waals surface area contributed by atoms with Gasteiger partial charge < -0.3 is 10.2 Å². The fraction of sp³-hybridized carbons (Fsp3) is 0.450. The van der Waals surface area contributed by atoms with Crippen LogP contribution < -0.4 is 5.32 Å². The first-order chi connectivity index (χ1) is 13.5. The van der Waals surface area contributed by atoms with Crippen molar-refractivity contribution in [1.82, 2.24) is 25.3 Å². The largest absolute Gasteiger partial charge is 0.355 e. The molecular weight excluding hydrogens is 378 g/mol. The van der Waals surface area contributed by atoms with E-state index in [1.54, 1.807) is 11.1 Å². The number of carbonyl (C=O) groups is 2. The van der Waals surface area contributed by atoms with E-state index < -0.39 is 0 Å². The van der Waals surface area contributed by atoms with Crippen LogP contribution in [0, 0.1) is 6.92 Å². The smallest absolute Gasteiger partial charge is 0.257 e. The molecule has 1 atom stereocenters. The zero-order valence-electron chi connectivity index (χ0n) is 16.2. The van der Waals surface area contributed by atoms with Crippen molar-refractivity contribution < 1.29 is 9.59 Å². The van der Waals surface area contributed by atoms with Crippen LogP contribution in [-0.2, 0) is 11.2 Å². The number of rotatable bonds is 6. The Morgan fingerprint density at radius 1 is 1.32 bits per heavy atom. The average molecular weight is 404 g/mol. The molecule has 0 spiro atoms. The zero-order chi connectivity index (χ0) is 20.1. The van der Waals surface area contributed by atoms with E-state index >= 15 is 0 Å². The van der Waals surface area contributed by atoms with Gasteiger partial charge in [0.15, 0.2) is 0 Å². The SMILES string of the molecule is Cc1[nH]ncc1C(=O)N1CCN(C)C(C(=O)NCCCc2ccccc2Cl)C1. The lowest BCUT2D eigenvalue weighted by Crippen LogP contribution is -2.58. The number of H-pyrrole nitrogens is 1. The number of aromatic nitrogens is 2. The van der Waals surface area contributed by atoms with E-state index in [1.165, 1.54) is 0 Å². The number of aryl methyl sites for hydroxylation is 2. The van der Waals surface area contributed by atoms with Crippen molar-refractivity contribution in [2.75, 3.05) is 33.2 Å². The summed E-state index contributed by atoms with van der Waals surface area (Å²) in [6.45, 7) is 4.01. The van der Waals surface area contributed by atoms with Crippen LogP contribution in [0.1, 0.15) is 28.0 Å². The van der Waals surface area contributed by atoms with Gasteiger partial charge >= 0.3 is 0 Å². The number of carbonyl (C=O) groups excluding carboxylic acids is 2. The highest BCUT2D eigenvalue weighted by atomic mass is 35.5. The lowest BCUT2D eigenvalue weighted by atomic mass is 10.1. The summed E-state index contributed by atoms with van der Waals surface area (Å²) < 4.78 is 0. The lowest BCUT2D eigenvalue weighted by Gasteiger charge is -2.38. The second-order valence-electron chi connectivity index (χ2n) is 7.14. The molecule has 0 radical (unpaired) electrons. The molecule has 1 aliphatic rings. The first-order valence-electron chi connectivity index (χ1n) is 9.48. The minimum Gasteiger partial charge on any atom is -0.355 e. The Balaban J connectivity index is 1.51. The van der Waals surface area contributed by atoms with Gasteiger partial charge in [-0.1, -0.05) is 29.8 Å². The van der Waals surface area contributed by atoms with Crippen LogP contribution >= 0.6 is 11.6 Å².